The molecule has 3 aromatic rings. The summed E-state index contributed by atoms with van der Waals surface area (Å²) in [5.41, 5.74) is 2.29. The highest BCUT2D eigenvalue weighted by Crippen LogP contribution is 2.21. The van der Waals surface area contributed by atoms with Crippen molar-refractivity contribution in [3.63, 3.8) is 0 Å². The summed E-state index contributed by atoms with van der Waals surface area (Å²) < 4.78 is 15.5. The molecular formula is C22H26FN7O. The third kappa shape index (κ3) is 4.56. The molecule has 2 heterocycles. The fourth-order valence-electron chi connectivity index (χ4n) is 3.73. The first-order chi connectivity index (χ1) is 14.9. The lowest BCUT2D eigenvalue weighted by atomic mass is 10.1. The number of hydrogen-bond acceptors (Lipinski definition) is 6. The second-order valence-electron chi connectivity index (χ2n) is 7.92. The molecule has 0 spiro atoms. The number of piperazine rings is 1. The van der Waals surface area contributed by atoms with Crippen LogP contribution >= 0.6 is 0 Å². The molecule has 0 bridgehead atoms. The topological polar surface area (TPSA) is 79.2 Å². The molecule has 1 aliphatic rings. The first kappa shape index (κ1) is 20.9. The Kier molecular flexibility index (Phi) is 5.94. The van der Waals surface area contributed by atoms with Crippen LogP contribution in [0.2, 0.25) is 0 Å². The Morgan fingerprint density at radius 2 is 1.77 bits per heavy atom. The molecule has 1 amide bonds. The van der Waals surface area contributed by atoms with Crippen LogP contribution < -0.4 is 10.2 Å². The average Bonchev–Trinajstić information content (AvgIpc) is 3.21. The number of amides is 1. The Morgan fingerprint density at radius 3 is 2.39 bits per heavy atom. The van der Waals surface area contributed by atoms with Crippen molar-refractivity contribution < 1.29 is 9.18 Å². The summed E-state index contributed by atoms with van der Waals surface area (Å²) >= 11 is 0. The molecular weight excluding hydrogens is 397 g/mol. The van der Waals surface area contributed by atoms with E-state index in [9.17, 15) is 9.18 Å². The van der Waals surface area contributed by atoms with Crippen LogP contribution in [0.25, 0.3) is 5.69 Å². The minimum Gasteiger partial charge on any atom is -0.369 e. The Hall–Kier alpha value is -3.33. The molecule has 4 rings (SSSR count). The summed E-state index contributed by atoms with van der Waals surface area (Å²) in [5.74, 6) is -0.287. The average molecular weight is 423 g/mol. The normalized spacial score (nSPS) is 14.8. The minimum atomic E-state index is -0.477. The van der Waals surface area contributed by atoms with E-state index in [-0.39, 0.29) is 11.6 Å². The van der Waals surface area contributed by atoms with Crippen molar-refractivity contribution in [1.82, 2.24) is 25.1 Å². The minimum absolute atomic E-state index is 0.177. The number of rotatable bonds is 5. The van der Waals surface area contributed by atoms with Gasteiger partial charge in [-0.05, 0) is 73.7 Å². The molecule has 162 valence electrons. The molecule has 1 aliphatic heterocycles. The molecule has 1 saturated heterocycles. The van der Waals surface area contributed by atoms with Gasteiger partial charge in [-0.3, -0.25) is 9.69 Å². The van der Waals surface area contributed by atoms with Crippen molar-refractivity contribution in [3.8, 4) is 5.69 Å². The van der Waals surface area contributed by atoms with Gasteiger partial charge >= 0.3 is 0 Å². The van der Waals surface area contributed by atoms with Gasteiger partial charge in [-0.15, -0.1) is 5.10 Å². The van der Waals surface area contributed by atoms with Crippen molar-refractivity contribution >= 4 is 17.3 Å². The van der Waals surface area contributed by atoms with E-state index in [0.717, 1.165) is 31.9 Å². The number of carbonyl (C=O) groups excluding carboxylic acids is 1. The second kappa shape index (κ2) is 8.81. The number of tetrazole rings is 1. The fourth-order valence-corrected chi connectivity index (χ4v) is 3.73. The molecule has 0 atom stereocenters. The molecule has 0 aliphatic carbocycles. The van der Waals surface area contributed by atoms with Gasteiger partial charge in [0.15, 0.2) is 5.82 Å². The molecule has 0 radical (unpaired) electrons. The summed E-state index contributed by atoms with van der Waals surface area (Å²) in [6.07, 6.45) is 0. The smallest absolute Gasteiger partial charge is 0.255 e. The predicted octanol–water partition coefficient (Wildman–Crippen LogP) is 2.89. The molecule has 0 saturated carbocycles. The number of aromatic nitrogens is 4. The van der Waals surface area contributed by atoms with Crippen LogP contribution in [0.4, 0.5) is 15.8 Å². The van der Waals surface area contributed by atoms with Crippen LogP contribution in [-0.2, 0) is 0 Å². The van der Waals surface area contributed by atoms with Gasteiger partial charge in [0.2, 0.25) is 0 Å². The second-order valence-corrected chi connectivity index (χ2v) is 7.92. The van der Waals surface area contributed by atoms with E-state index < -0.39 is 5.82 Å². The summed E-state index contributed by atoms with van der Waals surface area (Å²) in [6.45, 7) is 10.1. The van der Waals surface area contributed by atoms with Gasteiger partial charge in [0, 0.05) is 49.2 Å². The third-order valence-electron chi connectivity index (χ3n) is 5.60. The third-order valence-corrected chi connectivity index (χ3v) is 5.60. The number of benzene rings is 2. The molecule has 9 heteroatoms. The maximum Gasteiger partial charge on any atom is 0.255 e. The van der Waals surface area contributed by atoms with Gasteiger partial charge in [0.05, 0.1) is 0 Å². The number of hydrogen-bond donors (Lipinski definition) is 1. The SMILES string of the molecule is Cc1nnnn1-c1cc(NC(=O)c2ccc(N3CCN(C(C)C)CC3)cc2)ccc1F. The van der Waals surface area contributed by atoms with E-state index in [1.807, 2.05) is 24.3 Å². The van der Waals surface area contributed by atoms with E-state index >= 15 is 0 Å². The highest BCUT2D eigenvalue weighted by Gasteiger charge is 2.19. The van der Waals surface area contributed by atoms with Crippen molar-refractivity contribution in [3.05, 3.63) is 59.7 Å². The Labute approximate surface area is 180 Å². The number of nitrogens with zero attached hydrogens (tertiary/aromatic N) is 6. The number of halogens is 1. The molecule has 31 heavy (non-hydrogen) atoms. The molecule has 1 fully saturated rings. The largest absolute Gasteiger partial charge is 0.369 e. The summed E-state index contributed by atoms with van der Waals surface area (Å²) in [5, 5.41) is 13.9. The number of carbonyl (C=O) groups is 1. The molecule has 1 aromatic heterocycles. The first-order valence-electron chi connectivity index (χ1n) is 10.4. The van der Waals surface area contributed by atoms with Crippen molar-refractivity contribution in [2.45, 2.75) is 26.8 Å². The fraction of sp³-hybridized carbons (Fsp3) is 0.364. The quantitative estimate of drug-likeness (QED) is 0.680. The lowest BCUT2D eigenvalue weighted by Gasteiger charge is -2.38. The monoisotopic (exact) mass is 423 g/mol. The Balaban J connectivity index is 1.43. The van der Waals surface area contributed by atoms with Gasteiger partial charge in [-0.1, -0.05) is 0 Å². The number of anilines is 2. The highest BCUT2D eigenvalue weighted by molar-refractivity contribution is 6.04. The van der Waals surface area contributed by atoms with E-state index in [1.54, 1.807) is 6.92 Å². The zero-order valence-corrected chi connectivity index (χ0v) is 17.9. The Morgan fingerprint density at radius 1 is 1.06 bits per heavy atom. The summed E-state index contributed by atoms with van der Waals surface area (Å²) in [7, 11) is 0. The van der Waals surface area contributed by atoms with Crippen molar-refractivity contribution in [1.29, 1.82) is 0 Å². The van der Waals surface area contributed by atoms with Gasteiger partial charge in [0.25, 0.3) is 5.91 Å². The number of nitrogens with one attached hydrogen (secondary N) is 1. The number of aryl methyl sites for hydroxylation is 1. The van der Waals surface area contributed by atoms with Crippen LogP contribution in [0.15, 0.2) is 42.5 Å². The predicted molar refractivity (Wildman–Crippen MR) is 117 cm³/mol. The summed E-state index contributed by atoms with van der Waals surface area (Å²) in [4.78, 5) is 17.5. The van der Waals surface area contributed by atoms with Crippen LogP contribution in [0.1, 0.15) is 30.0 Å². The van der Waals surface area contributed by atoms with Gasteiger partial charge in [0.1, 0.15) is 11.5 Å². The lowest BCUT2D eigenvalue weighted by Crippen LogP contribution is -2.48. The van der Waals surface area contributed by atoms with Crippen molar-refractivity contribution in [2.24, 2.45) is 0 Å². The van der Waals surface area contributed by atoms with Crippen LogP contribution in [0, 0.1) is 12.7 Å². The van der Waals surface area contributed by atoms with Crippen molar-refractivity contribution in [2.75, 3.05) is 36.4 Å². The van der Waals surface area contributed by atoms with E-state index in [0.29, 0.717) is 23.1 Å². The highest BCUT2D eigenvalue weighted by atomic mass is 19.1. The lowest BCUT2D eigenvalue weighted by molar-refractivity contribution is 0.102. The van der Waals surface area contributed by atoms with Gasteiger partial charge < -0.3 is 10.2 Å². The molecule has 2 aromatic carbocycles. The Bertz CT molecular complexity index is 1060. The summed E-state index contributed by atoms with van der Waals surface area (Å²) in [6, 6.07) is 12.4. The van der Waals surface area contributed by atoms with E-state index in [1.165, 1.54) is 22.9 Å². The van der Waals surface area contributed by atoms with Gasteiger partial charge in [-0.2, -0.15) is 4.68 Å². The van der Waals surface area contributed by atoms with Crippen LogP contribution in [0.5, 0.6) is 0 Å². The zero-order chi connectivity index (χ0) is 22.0. The maximum atomic E-state index is 14.2. The standard InChI is InChI=1S/C22H26FN7O/c1-15(2)28-10-12-29(13-11-28)19-7-4-17(5-8-19)22(31)24-18-6-9-20(23)21(14-18)30-16(3)25-26-27-30/h4-9,14-15H,10-13H2,1-3H3,(H,24,31). The van der Waals surface area contributed by atoms with E-state index in [4.69, 9.17) is 0 Å². The van der Waals surface area contributed by atoms with Gasteiger partial charge in [-0.25, -0.2) is 4.39 Å². The first-order valence-corrected chi connectivity index (χ1v) is 10.4. The van der Waals surface area contributed by atoms with Crippen LogP contribution in [-0.4, -0.2) is 63.2 Å². The molecule has 0 unspecified atom stereocenters. The van der Waals surface area contributed by atoms with E-state index in [2.05, 4.69) is 44.5 Å². The molecule has 8 nitrogen and oxygen atoms in total. The van der Waals surface area contributed by atoms with Crippen LogP contribution in [0.3, 0.4) is 0 Å². The molecule has 1 N–H and O–H groups in total. The zero-order valence-electron chi connectivity index (χ0n) is 17.9. The maximum absolute atomic E-state index is 14.2.